The number of furan rings is 1. The minimum Gasteiger partial charge on any atom is -0.469 e. The highest BCUT2D eigenvalue weighted by Crippen LogP contribution is 2.40. The topological polar surface area (TPSA) is 25.2 Å². The van der Waals surface area contributed by atoms with Crippen molar-refractivity contribution in [3.8, 4) is 0 Å². The van der Waals surface area contributed by atoms with E-state index in [0.29, 0.717) is 18.0 Å². The van der Waals surface area contributed by atoms with E-state index in [9.17, 15) is 0 Å². The van der Waals surface area contributed by atoms with Crippen LogP contribution in [-0.2, 0) is 6.42 Å². The summed E-state index contributed by atoms with van der Waals surface area (Å²) < 4.78 is 6.63. The van der Waals surface area contributed by atoms with E-state index >= 15 is 0 Å². The van der Waals surface area contributed by atoms with Gasteiger partial charge in [-0.05, 0) is 55.9 Å². The molecule has 1 N–H and O–H groups in total. The van der Waals surface area contributed by atoms with E-state index in [4.69, 9.17) is 4.42 Å². The Morgan fingerprint density at radius 3 is 2.76 bits per heavy atom. The van der Waals surface area contributed by atoms with E-state index in [2.05, 4.69) is 58.5 Å². The molecule has 0 amide bonds. The molecule has 21 heavy (non-hydrogen) atoms. The van der Waals surface area contributed by atoms with Crippen molar-refractivity contribution < 1.29 is 4.42 Å². The van der Waals surface area contributed by atoms with Gasteiger partial charge in [0.15, 0.2) is 0 Å². The number of aryl methyl sites for hydroxylation is 1. The lowest BCUT2D eigenvalue weighted by Crippen LogP contribution is -2.44. The van der Waals surface area contributed by atoms with Crippen LogP contribution >= 0.6 is 15.9 Å². The van der Waals surface area contributed by atoms with Crippen molar-refractivity contribution in [2.75, 3.05) is 0 Å². The van der Waals surface area contributed by atoms with Gasteiger partial charge >= 0.3 is 0 Å². The fraction of sp³-hybridized carbons (Fsp3) is 0.444. The maximum Gasteiger partial charge on any atom is 0.103 e. The number of benzene rings is 1. The Morgan fingerprint density at radius 1 is 1.24 bits per heavy atom. The van der Waals surface area contributed by atoms with Crippen LogP contribution in [0.4, 0.5) is 0 Å². The second-order valence-electron chi connectivity index (χ2n) is 6.07. The molecule has 0 bridgehead atoms. The lowest BCUT2D eigenvalue weighted by molar-refractivity contribution is 0.263. The summed E-state index contributed by atoms with van der Waals surface area (Å²) in [5, 5.41) is 3.74. The van der Waals surface area contributed by atoms with E-state index in [0.717, 1.165) is 18.6 Å². The number of nitrogens with one attached hydrogen (secondary N) is 1. The second-order valence-corrected chi connectivity index (χ2v) is 6.93. The highest BCUT2D eigenvalue weighted by molar-refractivity contribution is 9.10. The van der Waals surface area contributed by atoms with Crippen molar-refractivity contribution in [1.82, 2.24) is 5.32 Å². The first-order valence-electron chi connectivity index (χ1n) is 7.75. The zero-order valence-electron chi connectivity index (χ0n) is 12.4. The van der Waals surface area contributed by atoms with Crippen LogP contribution in [0.25, 0.3) is 0 Å². The van der Waals surface area contributed by atoms with Gasteiger partial charge in [-0.1, -0.05) is 34.1 Å². The molecule has 1 aliphatic rings. The monoisotopic (exact) mass is 347 g/mol. The molecule has 1 saturated carbocycles. The summed E-state index contributed by atoms with van der Waals surface area (Å²) in [7, 11) is 0. The Bertz CT molecular complexity index is 560. The number of rotatable bonds is 6. The van der Waals surface area contributed by atoms with Gasteiger partial charge < -0.3 is 9.73 Å². The van der Waals surface area contributed by atoms with Crippen LogP contribution in [0.5, 0.6) is 0 Å². The molecule has 1 aromatic carbocycles. The SMILES string of the molecule is CC(CCc1ccco1)NC1CC(c2ccccc2Br)C1. The number of halogens is 1. The second kappa shape index (κ2) is 6.80. The third-order valence-corrected chi connectivity index (χ3v) is 5.13. The maximum absolute atomic E-state index is 5.38. The van der Waals surface area contributed by atoms with Crippen molar-refractivity contribution in [3.05, 3.63) is 58.5 Å². The zero-order valence-corrected chi connectivity index (χ0v) is 14.0. The molecule has 1 heterocycles. The molecule has 0 saturated heterocycles. The van der Waals surface area contributed by atoms with Crippen molar-refractivity contribution in [1.29, 1.82) is 0 Å². The first-order valence-corrected chi connectivity index (χ1v) is 8.54. The maximum atomic E-state index is 5.38. The lowest BCUT2D eigenvalue weighted by atomic mass is 9.75. The van der Waals surface area contributed by atoms with Crippen LogP contribution in [0.1, 0.15) is 43.4 Å². The van der Waals surface area contributed by atoms with E-state index < -0.39 is 0 Å². The molecule has 1 fully saturated rings. The highest BCUT2D eigenvalue weighted by atomic mass is 79.9. The van der Waals surface area contributed by atoms with Crippen LogP contribution < -0.4 is 5.32 Å². The Kier molecular flexibility index (Phi) is 4.81. The van der Waals surface area contributed by atoms with Gasteiger partial charge in [-0.15, -0.1) is 0 Å². The quantitative estimate of drug-likeness (QED) is 0.803. The molecular weight excluding hydrogens is 326 g/mol. The Labute approximate surface area is 135 Å². The van der Waals surface area contributed by atoms with E-state index in [1.807, 2.05) is 6.07 Å². The summed E-state index contributed by atoms with van der Waals surface area (Å²) in [6.45, 7) is 2.27. The van der Waals surface area contributed by atoms with Crippen LogP contribution in [0.15, 0.2) is 51.6 Å². The summed E-state index contributed by atoms with van der Waals surface area (Å²) in [5.74, 6) is 1.79. The van der Waals surface area contributed by atoms with Crippen LogP contribution in [-0.4, -0.2) is 12.1 Å². The molecule has 0 radical (unpaired) electrons. The number of hydrogen-bond donors (Lipinski definition) is 1. The zero-order chi connectivity index (χ0) is 14.7. The summed E-state index contributed by atoms with van der Waals surface area (Å²) in [5.41, 5.74) is 1.46. The van der Waals surface area contributed by atoms with Crippen LogP contribution in [0.2, 0.25) is 0 Å². The van der Waals surface area contributed by atoms with E-state index in [1.165, 1.54) is 22.9 Å². The Morgan fingerprint density at radius 2 is 2.05 bits per heavy atom. The van der Waals surface area contributed by atoms with Crippen molar-refractivity contribution in [3.63, 3.8) is 0 Å². The van der Waals surface area contributed by atoms with Gasteiger partial charge in [-0.25, -0.2) is 0 Å². The average molecular weight is 348 g/mol. The normalized spacial score (nSPS) is 22.8. The fourth-order valence-electron chi connectivity index (χ4n) is 3.11. The smallest absolute Gasteiger partial charge is 0.103 e. The highest BCUT2D eigenvalue weighted by Gasteiger charge is 2.31. The molecule has 3 heteroatoms. The molecule has 1 atom stereocenters. The van der Waals surface area contributed by atoms with Gasteiger partial charge in [0.1, 0.15) is 5.76 Å². The van der Waals surface area contributed by atoms with Crippen molar-refractivity contribution in [2.24, 2.45) is 0 Å². The molecule has 0 aliphatic heterocycles. The third kappa shape index (κ3) is 3.78. The molecule has 0 spiro atoms. The van der Waals surface area contributed by atoms with E-state index in [1.54, 1.807) is 6.26 Å². The molecule has 1 unspecified atom stereocenters. The molecule has 2 aromatic rings. The summed E-state index contributed by atoms with van der Waals surface area (Å²) >= 11 is 3.66. The van der Waals surface area contributed by atoms with Crippen LogP contribution in [0, 0.1) is 0 Å². The fourth-order valence-corrected chi connectivity index (χ4v) is 3.72. The predicted molar refractivity (Wildman–Crippen MR) is 89.5 cm³/mol. The molecule has 1 aromatic heterocycles. The molecular formula is C18H22BrNO. The Hall–Kier alpha value is -1.06. The standard InChI is InChI=1S/C18H22BrNO/c1-13(8-9-16-5-4-10-21-16)20-15-11-14(12-15)17-6-2-3-7-18(17)19/h2-7,10,13-15,20H,8-9,11-12H2,1H3. The van der Waals surface area contributed by atoms with Gasteiger partial charge in [-0.3, -0.25) is 0 Å². The summed E-state index contributed by atoms with van der Waals surface area (Å²) in [6.07, 6.45) is 6.38. The minimum atomic E-state index is 0.542. The summed E-state index contributed by atoms with van der Waals surface area (Å²) in [4.78, 5) is 0. The largest absolute Gasteiger partial charge is 0.469 e. The first kappa shape index (κ1) is 14.9. The molecule has 2 nitrogen and oxygen atoms in total. The van der Waals surface area contributed by atoms with Gasteiger partial charge in [0, 0.05) is 23.0 Å². The average Bonchev–Trinajstić information content (AvgIpc) is 2.94. The number of hydrogen-bond acceptors (Lipinski definition) is 2. The van der Waals surface area contributed by atoms with Gasteiger partial charge in [-0.2, -0.15) is 0 Å². The van der Waals surface area contributed by atoms with Crippen molar-refractivity contribution >= 4 is 15.9 Å². The van der Waals surface area contributed by atoms with Crippen LogP contribution in [0.3, 0.4) is 0 Å². The van der Waals surface area contributed by atoms with Gasteiger partial charge in [0.05, 0.1) is 6.26 Å². The third-order valence-electron chi connectivity index (χ3n) is 4.41. The summed E-state index contributed by atoms with van der Waals surface area (Å²) in [6, 6.07) is 13.8. The lowest BCUT2D eigenvalue weighted by Gasteiger charge is -2.38. The van der Waals surface area contributed by atoms with Gasteiger partial charge in [0.25, 0.3) is 0 Å². The van der Waals surface area contributed by atoms with Gasteiger partial charge in [0.2, 0.25) is 0 Å². The molecule has 3 rings (SSSR count). The predicted octanol–water partition coefficient (Wildman–Crippen LogP) is 4.90. The van der Waals surface area contributed by atoms with E-state index in [-0.39, 0.29) is 0 Å². The molecule has 112 valence electrons. The van der Waals surface area contributed by atoms with Crippen molar-refractivity contribution in [2.45, 2.75) is 50.6 Å². The minimum absolute atomic E-state index is 0.542. The molecule has 1 aliphatic carbocycles. The first-order chi connectivity index (χ1) is 10.2. The Balaban J connectivity index is 1.41.